The number of allylic oxidation sites excluding steroid dienone is 1. The lowest BCUT2D eigenvalue weighted by Gasteiger charge is -2.47. The van der Waals surface area contributed by atoms with Crippen molar-refractivity contribution >= 4 is 24.2 Å². The van der Waals surface area contributed by atoms with E-state index in [9.17, 15) is 0 Å². The molecular weight excluding hydrogens is 304 g/mol. The largest absolute Gasteiger partial charge is 0.388 e. The quantitative estimate of drug-likeness (QED) is 0.478. The van der Waals surface area contributed by atoms with E-state index in [0.717, 1.165) is 6.42 Å². The van der Waals surface area contributed by atoms with Crippen LogP contribution in [0.2, 0.25) is 18.1 Å². The highest BCUT2D eigenvalue weighted by atomic mass is 79.9. The molecule has 0 saturated heterocycles. The van der Waals surface area contributed by atoms with E-state index in [4.69, 9.17) is 5.73 Å². The van der Waals surface area contributed by atoms with E-state index < -0.39 is 8.24 Å². The third kappa shape index (κ3) is 3.09. The Labute approximate surface area is 122 Å². The van der Waals surface area contributed by atoms with Crippen LogP contribution >= 0.6 is 15.9 Å². The Balaban J connectivity index is 2.80. The second-order valence-corrected chi connectivity index (χ2v) is 13.0. The summed E-state index contributed by atoms with van der Waals surface area (Å²) >= 11 is 3.61. The first kappa shape index (κ1) is 16.0. The van der Waals surface area contributed by atoms with E-state index in [2.05, 4.69) is 73.2 Å². The zero-order valence-corrected chi connectivity index (χ0v) is 14.9. The number of nitrogens with two attached hydrogens (primary N) is 1. The summed E-state index contributed by atoms with van der Waals surface area (Å²) in [5, 5.41) is 0.316. The average Bonchev–Trinajstić information content (AvgIpc) is 2.59. The van der Waals surface area contributed by atoms with Crippen LogP contribution in [0.25, 0.3) is 0 Å². The Bertz CT molecular complexity index is 333. The molecule has 104 valence electrons. The van der Waals surface area contributed by atoms with Crippen LogP contribution in [0.15, 0.2) is 24.9 Å². The van der Waals surface area contributed by atoms with E-state index in [1.807, 2.05) is 6.08 Å². The van der Waals surface area contributed by atoms with Crippen LogP contribution < -0.4 is 5.73 Å². The van der Waals surface area contributed by atoms with Gasteiger partial charge in [0.15, 0.2) is 8.24 Å². The van der Waals surface area contributed by atoms with Gasteiger partial charge in [0, 0.05) is 10.7 Å². The number of alkyl halides is 1. The fourth-order valence-electron chi connectivity index (χ4n) is 2.14. The molecule has 1 heterocycles. The van der Waals surface area contributed by atoms with Gasteiger partial charge in [0.25, 0.3) is 0 Å². The number of nitrogens with zero attached hydrogens (tertiary/aromatic N) is 1. The normalized spacial score (nSPS) is 26.5. The first-order valence-corrected chi connectivity index (χ1v) is 10.5. The number of halogens is 1. The van der Waals surface area contributed by atoms with E-state index in [-0.39, 0.29) is 6.17 Å². The molecule has 2 nitrogen and oxygen atoms in total. The summed E-state index contributed by atoms with van der Waals surface area (Å²) in [6.07, 6.45) is 7.58. The molecule has 0 radical (unpaired) electrons. The van der Waals surface area contributed by atoms with Crippen LogP contribution in [0.1, 0.15) is 27.2 Å². The van der Waals surface area contributed by atoms with Gasteiger partial charge in [0.2, 0.25) is 0 Å². The fourth-order valence-corrected chi connectivity index (χ4v) is 4.75. The van der Waals surface area contributed by atoms with Crippen molar-refractivity contribution in [1.82, 2.24) is 4.57 Å². The summed E-state index contributed by atoms with van der Waals surface area (Å²) in [4.78, 5) is 0.345. The zero-order chi connectivity index (χ0) is 14.1. The smallest absolute Gasteiger partial charge is 0.157 e. The Morgan fingerprint density at radius 3 is 2.50 bits per heavy atom. The van der Waals surface area contributed by atoms with Crippen LogP contribution in [-0.2, 0) is 0 Å². The van der Waals surface area contributed by atoms with Crippen molar-refractivity contribution in [3.05, 3.63) is 24.9 Å². The minimum Gasteiger partial charge on any atom is -0.388 e. The summed E-state index contributed by atoms with van der Waals surface area (Å²) in [7, 11) is -1.56. The predicted octanol–water partition coefficient (Wildman–Crippen LogP) is 4.06. The van der Waals surface area contributed by atoms with Gasteiger partial charge in [0.1, 0.15) is 0 Å². The Kier molecular flexibility index (Phi) is 4.90. The van der Waals surface area contributed by atoms with Crippen molar-refractivity contribution in [3.8, 4) is 0 Å². The Morgan fingerprint density at radius 2 is 2.06 bits per heavy atom. The van der Waals surface area contributed by atoms with Gasteiger partial charge in [-0.1, -0.05) is 61.9 Å². The molecule has 3 unspecified atom stereocenters. The number of hydrogen-bond donors (Lipinski definition) is 1. The molecule has 1 aliphatic rings. The van der Waals surface area contributed by atoms with E-state index in [0.29, 0.717) is 15.8 Å². The lowest BCUT2D eigenvalue weighted by molar-refractivity contribution is 0.343. The first-order valence-electron chi connectivity index (χ1n) is 6.60. The van der Waals surface area contributed by atoms with Crippen molar-refractivity contribution in [1.29, 1.82) is 0 Å². The van der Waals surface area contributed by atoms with E-state index >= 15 is 0 Å². The summed E-state index contributed by atoms with van der Waals surface area (Å²) in [6.45, 7) is 15.6. The molecule has 0 fully saturated rings. The van der Waals surface area contributed by atoms with Crippen LogP contribution in [-0.4, -0.2) is 23.8 Å². The maximum Gasteiger partial charge on any atom is 0.157 e. The highest BCUT2D eigenvalue weighted by Gasteiger charge is 2.45. The molecule has 0 spiro atoms. The van der Waals surface area contributed by atoms with E-state index in [1.54, 1.807) is 0 Å². The molecule has 18 heavy (non-hydrogen) atoms. The summed E-state index contributed by atoms with van der Waals surface area (Å²) in [5.41, 5.74) is 6.45. The van der Waals surface area contributed by atoms with Gasteiger partial charge in [0.05, 0.1) is 6.17 Å². The predicted molar refractivity (Wildman–Crippen MR) is 87.2 cm³/mol. The molecule has 0 aliphatic carbocycles. The van der Waals surface area contributed by atoms with Gasteiger partial charge >= 0.3 is 0 Å². The maximum absolute atomic E-state index is 6.45. The highest BCUT2D eigenvalue weighted by Crippen LogP contribution is 2.42. The molecule has 1 aliphatic heterocycles. The third-order valence-electron chi connectivity index (χ3n) is 4.49. The second kappa shape index (κ2) is 5.51. The molecule has 0 bridgehead atoms. The molecule has 1 rings (SSSR count). The van der Waals surface area contributed by atoms with Crippen LogP contribution in [0.4, 0.5) is 0 Å². The van der Waals surface area contributed by atoms with Gasteiger partial charge < -0.3 is 10.3 Å². The average molecular weight is 331 g/mol. The summed E-state index contributed by atoms with van der Waals surface area (Å²) in [5.74, 6) is 0.418. The summed E-state index contributed by atoms with van der Waals surface area (Å²) < 4.78 is 2.44. The summed E-state index contributed by atoms with van der Waals surface area (Å²) in [6, 6.07) is 0. The molecule has 0 saturated carbocycles. The molecule has 2 N–H and O–H groups in total. The topological polar surface area (TPSA) is 29.3 Å². The molecule has 0 aromatic carbocycles. The van der Waals surface area contributed by atoms with Gasteiger partial charge in [-0.05, 0) is 17.7 Å². The molecule has 0 aromatic heterocycles. The van der Waals surface area contributed by atoms with Gasteiger partial charge in [-0.25, -0.2) is 0 Å². The zero-order valence-electron chi connectivity index (χ0n) is 12.3. The van der Waals surface area contributed by atoms with Crippen LogP contribution in [0.3, 0.4) is 0 Å². The minimum atomic E-state index is -1.56. The molecule has 3 atom stereocenters. The van der Waals surface area contributed by atoms with Crippen molar-refractivity contribution in [2.45, 2.75) is 56.3 Å². The highest BCUT2D eigenvalue weighted by molar-refractivity contribution is 9.09. The molecule has 0 aromatic rings. The maximum atomic E-state index is 6.45. The van der Waals surface area contributed by atoms with Crippen molar-refractivity contribution in [3.63, 3.8) is 0 Å². The SMILES string of the molecule is C=CC(Br)CC1C=CN([Si](C)(C)C(C)(C)C)C1N. The Morgan fingerprint density at radius 1 is 1.50 bits per heavy atom. The molecular formula is C14H27BrN2Si. The standard InChI is InChI=1S/C14H27BrN2Si/c1-7-12(15)10-11-8-9-17(13(11)16)18(5,6)14(2,3)4/h7-9,11-13H,1,10,16H2,2-6H3. The van der Waals surface area contributed by atoms with E-state index in [1.165, 1.54) is 0 Å². The Hall–Kier alpha value is -0.0631. The second-order valence-electron chi connectivity index (χ2n) is 6.70. The van der Waals surface area contributed by atoms with Crippen molar-refractivity contribution in [2.75, 3.05) is 0 Å². The fraction of sp³-hybridized carbons (Fsp3) is 0.714. The monoisotopic (exact) mass is 330 g/mol. The van der Waals surface area contributed by atoms with Crippen molar-refractivity contribution in [2.24, 2.45) is 11.7 Å². The van der Waals surface area contributed by atoms with Crippen molar-refractivity contribution < 1.29 is 0 Å². The number of rotatable bonds is 4. The lowest BCUT2D eigenvalue weighted by atomic mass is 10.0. The molecule has 4 heteroatoms. The van der Waals surface area contributed by atoms with Gasteiger partial charge in [-0.3, -0.25) is 0 Å². The third-order valence-corrected chi connectivity index (χ3v) is 10.6. The number of hydrogen-bond acceptors (Lipinski definition) is 2. The molecule has 0 amide bonds. The van der Waals surface area contributed by atoms with Gasteiger partial charge in [-0.2, -0.15) is 0 Å². The van der Waals surface area contributed by atoms with Gasteiger partial charge in [-0.15, -0.1) is 6.58 Å². The first-order chi connectivity index (χ1) is 8.11. The van der Waals surface area contributed by atoms with Crippen LogP contribution in [0, 0.1) is 5.92 Å². The van der Waals surface area contributed by atoms with Crippen LogP contribution in [0.5, 0.6) is 0 Å². The lowest BCUT2D eigenvalue weighted by Crippen LogP contribution is -2.58. The minimum absolute atomic E-state index is 0.117.